The van der Waals surface area contributed by atoms with Crippen molar-refractivity contribution < 1.29 is 4.79 Å². The molecule has 24 heavy (non-hydrogen) atoms. The largest absolute Gasteiger partial charge is 0.304 e. The molecular formula is C19H16ClN3O. The summed E-state index contributed by atoms with van der Waals surface area (Å²) in [6.07, 6.45) is 0.868. The lowest BCUT2D eigenvalue weighted by atomic mass is 10.1. The lowest BCUT2D eigenvalue weighted by molar-refractivity contribution is 0.0976. The first-order valence-corrected chi connectivity index (χ1v) is 8.24. The van der Waals surface area contributed by atoms with Crippen LogP contribution in [0.2, 0.25) is 5.02 Å². The molecule has 0 radical (unpaired) electrons. The zero-order valence-corrected chi connectivity index (χ0v) is 13.9. The number of carbonyl (C=O) groups is 1. The number of H-pyrrole nitrogens is 1. The minimum absolute atomic E-state index is 0.0711. The molecule has 4 nitrogen and oxygen atoms in total. The lowest BCUT2D eigenvalue weighted by Gasteiger charge is -2.21. The topological polar surface area (TPSA) is 49.0 Å². The molecule has 1 aromatic heterocycles. The standard InChI is InChI=1S/C19H16ClN3O/c1-12-10-13-6-2-5-9-18(13)23(12)19(24)17-11-16(21-22-17)14-7-3-4-8-15(14)20/h2-9,11-12H,10H2,1H3,(H,21,22)/t12-/m1/s1. The van der Waals surface area contributed by atoms with Crippen LogP contribution in [-0.4, -0.2) is 22.1 Å². The zero-order chi connectivity index (χ0) is 16.7. The van der Waals surface area contributed by atoms with Gasteiger partial charge in [0.25, 0.3) is 5.91 Å². The summed E-state index contributed by atoms with van der Waals surface area (Å²) in [5.74, 6) is -0.0711. The van der Waals surface area contributed by atoms with Gasteiger partial charge in [0.05, 0.1) is 10.7 Å². The van der Waals surface area contributed by atoms with Gasteiger partial charge in [-0.05, 0) is 37.1 Å². The molecule has 1 N–H and O–H groups in total. The number of halogens is 1. The SMILES string of the molecule is C[C@@H]1Cc2ccccc2N1C(=O)c1cc(-c2ccccc2Cl)n[nH]1. The summed E-state index contributed by atoms with van der Waals surface area (Å²) in [4.78, 5) is 14.8. The maximum absolute atomic E-state index is 13.0. The average Bonchev–Trinajstić information content (AvgIpc) is 3.18. The number of anilines is 1. The summed E-state index contributed by atoms with van der Waals surface area (Å²) in [7, 11) is 0. The Morgan fingerprint density at radius 1 is 1.21 bits per heavy atom. The van der Waals surface area contributed by atoms with E-state index in [9.17, 15) is 4.79 Å². The van der Waals surface area contributed by atoms with Gasteiger partial charge >= 0.3 is 0 Å². The van der Waals surface area contributed by atoms with Crippen LogP contribution in [0.15, 0.2) is 54.6 Å². The molecule has 0 bridgehead atoms. The van der Waals surface area contributed by atoms with Gasteiger partial charge in [-0.3, -0.25) is 9.89 Å². The number of aromatic amines is 1. The molecule has 0 spiro atoms. The van der Waals surface area contributed by atoms with Crippen molar-refractivity contribution >= 4 is 23.2 Å². The van der Waals surface area contributed by atoms with Gasteiger partial charge in [0.2, 0.25) is 0 Å². The maximum atomic E-state index is 13.0. The van der Waals surface area contributed by atoms with E-state index in [2.05, 4.69) is 23.2 Å². The molecule has 1 aliphatic heterocycles. The third-order valence-corrected chi connectivity index (χ3v) is 4.71. The minimum atomic E-state index is -0.0711. The van der Waals surface area contributed by atoms with Gasteiger partial charge in [0, 0.05) is 17.3 Å². The fourth-order valence-corrected chi connectivity index (χ4v) is 3.48. The van der Waals surface area contributed by atoms with Crippen molar-refractivity contribution in [2.75, 3.05) is 4.90 Å². The smallest absolute Gasteiger partial charge is 0.276 e. The molecule has 1 atom stereocenters. The number of amides is 1. The van der Waals surface area contributed by atoms with E-state index in [0.717, 1.165) is 17.7 Å². The Morgan fingerprint density at radius 2 is 1.96 bits per heavy atom. The van der Waals surface area contributed by atoms with Crippen molar-refractivity contribution in [3.8, 4) is 11.3 Å². The summed E-state index contributed by atoms with van der Waals surface area (Å²) in [5.41, 5.74) is 4.12. The molecule has 120 valence electrons. The molecule has 0 saturated carbocycles. The number of aromatic nitrogens is 2. The van der Waals surface area contributed by atoms with Crippen molar-refractivity contribution in [1.29, 1.82) is 0 Å². The molecule has 0 saturated heterocycles. The fourth-order valence-electron chi connectivity index (χ4n) is 3.24. The number of rotatable bonds is 2. The van der Waals surface area contributed by atoms with Gasteiger partial charge in [-0.2, -0.15) is 5.10 Å². The number of nitrogens with zero attached hydrogens (tertiary/aromatic N) is 2. The highest BCUT2D eigenvalue weighted by Crippen LogP contribution is 2.33. The molecule has 1 aliphatic rings. The van der Waals surface area contributed by atoms with Gasteiger partial charge < -0.3 is 4.90 Å². The normalized spacial score (nSPS) is 16.2. The second kappa shape index (κ2) is 5.80. The Kier molecular flexibility index (Phi) is 3.62. The van der Waals surface area contributed by atoms with Crippen LogP contribution in [0, 0.1) is 0 Å². The van der Waals surface area contributed by atoms with Gasteiger partial charge in [0.15, 0.2) is 0 Å². The molecular weight excluding hydrogens is 322 g/mol. The number of hydrogen-bond donors (Lipinski definition) is 1. The first kappa shape index (κ1) is 15.0. The van der Waals surface area contributed by atoms with Crippen LogP contribution < -0.4 is 4.90 Å². The van der Waals surface area contributed by atoms with E-state index in [0.29, 0.717) is 16.4 Å². The van der Waals surface area contributed by atoms with Crippen LogP contribution >= 0.6 is 11.6 Å². The Balaban J connectivity index is 1.68. The Hall–Kier alpha value is -2.59. The average molecular weight is 338 g/mol. The number of hydrogen-bond acceptors (Lipinski definition) is 2. The van der Waals surface area contributed by atoms with Gasteiger partial charge in [-0.15, -0.1) is 0 Å². The molecule has 5 heteroatoms. The van der Waals surface area contributed by atoms with Crippen LogP contribution in [0.4, 0.5) is 5.69 Å². The molecule has 0 aliphatic carbocycles. The summed E-state index contributed by atoms with van der Waals surface area (Å²) in [6.45, 7) is 2.06. The van der Waals surface area contributed by atoms with E-state index in [1.54, 1.807) is 6.07 Å². The summed E-state index contributed by atoms with van der Waals surface area (Å²) >= 11 is 6.22. The van der Waals surface area contributed by atoms with Gasteiger partial charge in [-0.1, -0.05) is 48.0 Å². The third-order valence-electron chi connectivity index (χ3n) is 4.38. The predicted molar refractivity (Wildman–Crippen MR) is 95.5 cm³/mol. The Labute approximate surface area is 145 Å². The highest BCUT2D eigenvalue weighted by molar-refractivity contribution is 6.33. The maximum Gasteiger partial charge on any atom is 0.276 e. The first-order valence-electron chi connectivity index (χ1n) is 7.87. The number of nitrogens with one attached hydrogen (secondary N) is 1. The first-order chi connectivity index (χ1) is 11.6. The molecule has 3 aromatic rings. The van der Waals surface area contributed by atoms with Crippen molar-refractivity contribution in [3.63, 3.8) is 0 Å². The van der Waals surface area contributed by atoms with Crippen LogP contribution in [-0.2, 0) is 6.42 Å². The van der Waals surface area contributed by atoms with Crippen molar-refractivity contribution in [2.45, 2.75) is 19.4 Å². The number of para-hydroxylation sites is 1. The van der Waals surface area contributed by atoms with Crippen LogP contribution in [0.1, 0.15) is 23.0 Å². The zero-order valence-electron chi connectivity index (χ0n) is 13.2. The second-order valence-corrected chi connectivity index (χ2v) is 6.41. The monoisotopic (exact) mass is 337 g/mol. The molecule has 2 heterocycles. The molecule has 1 amide bonds. The highest BCUT2D eigenvalue weighted by atomic mass is 35.5. The van der Waals surface area contributed by atoms with Gasteiger partial charge in [0.1, 0.15) is 5.69 Å². The van der Waals surface area contributed by atoms with E-state index in [-0.39, 0.29) is 11.9 Å². The highest BCUT2D eigenvalue weighted by Gasteiger charge is 2.32. The molecule has 0 unspecified atom stereocenters. The number of benzene rings is 2. The van der Waals surface area contributed by atoms with E-state index in [4.69, 9.17) is 11.6 Å². The summed E-state index contributed by atoms with van der Waals surface area (Å²) in [6, 6.07) is 17.4. The molecule has 2 aromatic carbocycles. The fraction of sp³-hybridized carbons (Fsp3) is 0.158. The Morgan fingerprint density at radius 3 is 2.79 bits per heavy atom. The van der Waals surface area contributed by atoms with Crippen LogP contribution in [0.5, 0.6) is 0 Å². The second-order valence-electron chi connectivity index (χ2n) is 6.00. The minimum Gasteiger partial charge on any atom is -0.304 e. The number of fused-ring (bicyclic) bond motifs is 1. The van der Waals surface area contributed by atoms with Crippen molar-refractivity contribution in [1.82, 2.24) is 10.2 Å². The third kappa shape index (κ3) is 2.39. The van der Waals surface area contributed by atoms with E-state index < -0.39 is 0 Å². The van der Waals surface area contributed by atoms with Crippen LogP contribution in [0.3, 0.4) is 0 Å². The van der Waals surface area contributed by atoms with Gasteiger partial charge in [-0.25, -0.2) is 0 Å². The molecule has 4 rings (SSSR count). The van der Waals surface area contributed by atoms with Crippen LogP contribution in [0.25, 0.3) is 11.3 Å². The van der Waals surface area contributed by atoms with E-state index in [1.165, 1.54) is 5.56 Å². The van der Waals surface area contributed by atoms with Crippen molar-refractivity contribution in [2.24, 2.45) is 0 Å². The lowest BCUT2D eigenvalue weighted by Crippen LogP contribution is -2.35. The Bertz CT molecular complexity index is 918. The molecule has 0 fully saturated rings. The quantitative estimate of drug-likeness (QED) is 0.757. The predicted octanol–water partition coefficient (Wildman–Crippen LogP) is 4.32. The van der Waals surface area contributed by atoms with E-state index >= 15 is 0 Å². The summed E-state index contributed by atoms with van der Waals surface area (Å²) in [5, 5.41) is 7.74. The number of carbonyl (C=O) groups excluding carboxylic acids is 1. The van der Waals surface area contributed by atoms with Crippen molar-refractivity contribution in [3.05, 3.63) is 70.9 Å². The van der Waals surface area contributed by atoms with E-state index in [1.807, 2.05) is 47.4 Å². The summed E-state index contributed by atoms with van der Waals surface area (Å²) < 4.78 is 0.